The second-order valence-electron chi connectivity index (χ2n) is 3.14. The van der Waals surface area contributed by atoms with Gasteiger partial charge in [0.05, 0.1) is 0 Å². The Morgan fingerprint density at radius 3 is 1.73 bits per heavy atom. The number of rotatable bonds is 2. The molecule has 0 bridgehead atoms. The zero-order chi connectivity index (χ0) is 8.85. The van der Waals surface area contributed by atoms with E-state index in [0.29, 0.717) is 0 Å². The molecule has 0 aromatic rings. The van der Waals surface area contributed by atoms with Crippen LogP contribution < -0.4 is 0 Å². The van der Waals surface area contributed by atoms with Gasteiger partial charge >= 0.3 is 0 Å². The normalized spacial score (nSPS) is 13.2. The van der Waals surface area contributed by atoms with Crippen molar-refractivity contribution in [3.63, 3.8) is 0 Å². The van der Waals surface area contributed by atoms with E-state index in [4.69, 9.17) is 0 Å². The Balaban J connectivity index is 4.36. The lowest BCUT2D eigenvalue weighted by molar-refractivity contribution is 1.33. The lowest BCUT2D eigenvalue weighted by atomic mass is 10.1. The Hall–Kier alpha value is -0.780. The van der Waals surface area contributed by atoms with Crippen molar-refractivity contribution >= 4 is 0 Å². The Morgan fingerprint density at radius 1 is 0.818 bits per heavy atom. The summed E-state index contributed by atoms with van der Waals surface area (Å²) in [6, 6.07) is 0. The van der Waals surface area contributed by atoms with Gasteiger partial charge in [0.2, 0.25) is 0 Å². The molecule has 0 saturated carbocycles. The molecule has 0 heterocycles. The Bertz CT molecular complexity index is 198. The molecule has 0 radical (unpaired) electrons. The maximum atomic E-state index is 2.19. The number of hydrogen-bond acceptors (Lipinski definition) is 0. The zero-order valence-electron chi connectivity index (χ0n) is 8.23. The molecule has 0 aromatic heterocycles. The van der Waals surface area contributed by atoms with Crippen LogP contribution in [0.15, 0.2) is 34.9 Å². The van der Waals surface area contributed by atoms with Gasteiger partial charge in [0.15, 0.2) is 0 Å². The SMILES string of the molecule is C/C=C(C)/C=C(\C)C=C(C)C. The highest BCUT2D eigenvalue weighted by Crippen LogP contribution is 2.05. The summed E-state index contributed by atoms with van der Waals surface area (Å²) in [4.78, 5) is 0. The van der Waals surface area contributed by atoms with Gasteiger partial charge in [0.25, 0.3) is 0 Å². The highest BCUT2D eigenvalue weighted by molar-refractivity contribution is 5.28. The van der Waals surface area contributed by atoms with Crippen LogP contribution in [0, 0.1) is 0 Å². The molecule has 0 rings (SSSR count). The molecule has 0 aliphatic rings. The molecule has 0 aromatic carbocycles. The van der Waals surface area contributed by atoms with Gasteiger partial charge in [-0.05, 0) is 34.6 Å². The number of allylic oxidation sites excluding steroid dienone is 6. The van der Waals surface area contributed by atoms with E-state index >= 15 is 0 Å². The molecule has 62 valence electrons. The first-order valence-corrected chi connectivity index (χ1v) is 4.02. The average Bonchev–Trinajstić information content (AvgIpc) is 1.85. The monoisotopic (exact) mass is 150 g/mol. The highest BCUT2D eigenvalue weighted by Gasteiger charge is 1.84. The topological polar surface area (TPSA) is 0 Å². The molecule has 0 fully saturated rings. The fraction of sp³-hybridized carbons (Fsp3) is 0.455. The van der Waals surface area contributed by atoms with Gasteiger partial charge in [-0.1, -0.05) is 34.9 Å². The van der Waals surface area contributed by atoms with Crippen molar-refractivity contribution in [1.29, 1.82) is 0 Å². The average molecular weight is 150 g/mol. The predicted molar refractivity (Wildman–Crippen MR) is 52.6 cm³/mol. The summed E-state index contributed by atoms with van der Waals surface area (Å²) in [6.07, 6.45) is 6.49. The molecule has 0 heteroatoms. The highest BCUT2D eigenvalue weighted by atomic mass is 13.9. The molecule has 0 spiro atoms. The van der Waals surface area contributed by atoms with Crippen molar-refractivity contribution in [1.82, 2.24) is 0 Å². The maximum absolute atomic E-state index is 2.19. The minimum absolute atomic E-state index is 1.32. The second-order valence-corrected chi connectivity index (χ2v) is 3.14. The lowest BCUT2D eigenvalue weighted by Gasteiger charge is -1.94. The standard InChI is InChI=1S/C11H18/c1-6-10(4)8-11(5)7-9(2)3/h6-8H,1-5H3/b10-6+,11-8+. The molecule has 0 aliphatic carbocycles. The summed E-state index contributed by atoms with van der Waals surface area (Å²) < 4.78 is 0. The van der Waals surface area contributed by atoms with Crippen LogP contribution in [-0.4, -0.2) is 0 Å². The van der Waals surface area contributed by atoms with Crippen molar-refractivity contribution in [2.45, 2.75) is 34.6 Å². The quantitative estimate of drug-likeness (QED) is 0.524. The van der Waals surface area contributed by atoms with E-state index in [-0.39, 0.29) is 0 Å². The van der Waals surface area contributed by atoms with E-state index in [1.165, 1.54) is 16.7 Å². The largest absolute Gasteiger partial charge is 0.0847 e. The van der Waals surface area contributed by atoms with Crippen molar-refractivity contribution in [2.75, 3.05) is 0 Å². The summed E-state index contributed by atoms with van der Waals surface area (Å²) in [6.45, 7) is 10.5. The van der Waals surface area contributed by atoms with Crippen LogP contribution in [0.2, 0.25) is 0 Å². The third-order valence-electron chi connectivity index (χ3n) is 1.43. The lowest BCUT2D eigenvalue weighted by Crippen LogP contribution is -1.73. The van der Waals surface area contributed by atoms with Crippen molar-refractivity contribution in [3.05, 3.63) is 34.9 Å². The van der Waals surface area contributed by atoms with E-state index in [9.17, 15) is 0 Å². The van der Waals surface area contributed by atoms with Crippen LogP contribution in [0.3, 0.4) is 0 Å². The Kier molecular flexibility index (Phi) is 4.60. The van der Waals surface area contributed by atoms with Crippen molar-refractivity contribution < 1.29 is 0 Å². The van der Waals surface area contributed by atoms with Gasteiger partial charge < -0.3 is 0 Å². The second kappa shape index (κ2) is 4.95. The summed E-state index contributed by atoms with van der Waals surface area (Å²) in [5, 5.41) is 0. The summed E-state index contributed by atoms with van der Waals surface area (Å²) in [7, 11) is 0. The predicted octanol–water partition coefficient (Wildman–Crippen LogP) is 3.87. The van der Waals surface area contributed by atoms with E-state index in [0.717, 1.165) is 0 Å². The van der Waals surface area contributed by atoms with E-state index in [2.05, 4.69) is 52.8 Å². The smallest absolute Gasteiger partial charge is 0.0398 e. The summed E-state index contributed by atoms with van der Waals surface area (Å²) in [5.74, 6) is 0. The first kappa shape index (κ1) is 10.2. The maximum Gasteiger partial charge on any atom is -0.0398 e. The molecule has 0 nitrogen and oxygen atoms in total. The van der Waals surface area contributed by atoms with Gasteiger partial charge in [-0.3, -0.25) is 0 Å². The molecular weight excluding hydrogens is 132 g/mol. The summed E-state index contributed by atoms with van der Waals surface area (Å²) in [5.41, 5.74) is 3.99. The number of hydrogen-bond donors (Lipinski definition) is 0. The molecular formula is C11H18. The third-order valence-corrected chi connectivity index (χ3v) is 1.43. The van der Waals surface area contributed by atoms with Crippen molar-refractivity contribution in [2.24, 2.45) is 0 Å². The van der Waals surface area contributed by atoms with Gasteiger partial charge in [-0.15, -0.1) is 0 Å². The van der Waals surface area contributed by atoms with Gasteiger partial charge in [-0.2, -0.15) is 0 Å². The first-order valence-electron chi connectivity index (χ1n) is 4.02. The molecule has 11 heavy (non-hydrogen) atoms. The fourth-order valence-corrected chi connectivity index (χ4v) is 0.939. The van der Waals surface area contributed by atoms with Crippen LogP contribution in [0.25, 0.3) is 0 Å². The van der Waals surface area contributed by atoms with E-state index in [1.54, 1.807) is 0 Å². The molecule has 0 N–H and O–H groups in total. The molecule has 0 amide bonds. The minimum Gasteiger partial charge on any atom is -0.0847 e. The van der Waals surface area contributed by atoms with Crippen molar-refractivity contribution in [3.8, 4) is 0 Å². The van der Waals surface area contributed by atoms with Gasteiger partial charge in [0.1, 0.15) is 0 Å². The minimum atomic E-state index is 1.32. The van der Waals surface area contributed by atoms with Gasteiger partial charge in [-0.25, -0.2) is 0 Å². The molecule has 0 unspecified atom stereocenters. The molecule has 0 aliphatic heterocycles. The first-order chi connectivity index (χ1) is 5.06. The van der Waals surface area contributed by atoms with Crippen LogP contribution in [0.1, 0.15) is 34.6 Å². The van der Waals surface area contributed by atoms with Crippen LogP contribution in [0.5, 0.6) is 0 Å². The fourth-order valence-electron chi connectivity index (χ4n) is 0.939. The summed E-state index contributed by atoms with van der Waals surface area (Å²) >= 11 is 0. The Morgan fingerprint density at radius 2 is 1.36 bits per heavy atom. The third kappa shape index (κ3) is 5.65. The van der Waals surface area contributed by atoms with Crippen LogP contribution in [0.4, 0.5) is 0 Å². The zero-order valence-corrected chi connectivity index (χ0v) is 8.23. The van der Waals surface area contributed by atoms with Crippen LogP contribution in [-0.2, 0) is 0 Å². The molecule has 0 atom stereocenters. The van der Waals surface area contributed by atoms with Gasteiger partial charge in [0, 0.05) is 0 Å². The van der Waals surface area contributed by atoms with Crippen LogP contribution >= 0.6 is 0 Å². The van der Waals surface area contributed by atoms with E-state index in [1.807, 2.05) is 0 Å². The van der Waals surface area contributed by atoms with E-state index < -0.39 is 0 Å². The molecule has 0 saturated heterocycles. The Labute approximate surface area is 70.3 Å².